The Kier molecular flexibility index (Phi) is 4.84. The van der Waals surface area contributed by atoms with E-state index in [1.807, 2.05) is 0 Å². The monoisotopic (exact) mass is 330 g/mol. The van der Waals surface area contributed by atoms with Crippen LogP contribution >= 0.6 is 11.6 Å². The van der Waals surface area contributed by atoms with Crippen molar-refractivity contribution in [2.45, 2.75) is 13.0 Å². The predicted molar refractivity (Wildman–Crippen MR) is 91.9 cm³/mol. The van der Waals surface area contributed by atoms with Gasteiger partial charge in [-0.05, 0) is 36.8 Å². The maximum absolute atomic E-state index is 12.4. The number of hydrogen-bond acceptors (Lipinski definition) is 2. The molecule has 1 aliphatic heterocycles. The predicted octanol–water partition coefficient (Wildman–Crippen LogP) is 4.25. The molecule has 1 aliphatic rings. The number of rotatable bonds is 2. The average Bonchev–Trinajstić information content (AvgIpc) is 2.58. The summed E-state index contributed by atoms with van der Waals surface area (Å²) in [5.41, 5.74) is 3.04. The number of nitrogens with one attached hydrogen (secondary N) is 1. The van der Waals surface area contributed by atoms with E-state index in [2.05, 4.69) is 36.5 Å². The Hall–Kier alpha value is -2.04. The average molecular weight is 331 g/mol. The molecule has 120 valence electrons. The first-order chi connectivity index (χ1) is 11.1. The molecule has 1 heterocycles. The minimum atomic E-state index is -0.118. The molecular weight excluding hydrogens is 312 g/mol. The van der Waals surface area contributed by atoms with E-state index in [0.29, 0.717) is 24.7 Å². The van der Waals surface area contributed by atoms with E-state index in [0.717, 1.165) is 11.3 Å². The van der Waals surface area contributed by atoms with Crippen LogP contribution in [0.5, 0.6) is 0 Å². The highest BCUT2D eigenvalue weighted by Gasteiger charge is 2.25. The Morgan fingerprint density at radius 3 is 2.57 bits per heavy atom. The van der Waals surface area contributed by atoms with Gasteiger partial charge in [0.2, 0.25) is 0 Å². The number of amides is 2. The third-order valence-corrected chi connectivity index (χ3v) is 4.15. The minimum Gasteiger partial charge on any atom is -0.370 e. The standard InChI is InChI=1S/C18H19ClN2O2/c1-13-2-4-14(5-3-13)17-12-21(10-11-23-17)18(22)20-16-8-6-15(19)7-9-16/h2-9,17H,10-12H2,1H3,(H,20,22). The van der Waals surface area contributed by atoms with E-state index in [4.69, 9.17) is 16.3 Å². The highest BCUT2D eigenvalue weighted by Crippen LogP contribution is 2.23. The van der Waals surface area contributed by atoms with E-state index < -0.39 is 0 Å². The van der Waals surface area contributed by atoms with Crippen molar-refractivity contribution in [2.75, 3.05) is 25.0 Å². The molecule has 2 aromatic rings. The third-order valence-electron chi connectivity index (χ3n) is 3.90. The lowest BCUT2D eigenvalue weighted by molar-refractivity contribution is -0.0135. The Morgan fingerprint density at radius 1 is 1.17 bits per heavy atom. The first kappa shape index (κ1) is 15.8. The quantitative estimate of drug-likeness (QED) is 0.894. The van der Waals surface area contributed by atoms with E-state index in [9.17, 15) is 4.79 Å². The number of aryl methyl sites for hydroxylation is 1. The second kappa shape index (κ2) is 7.02. The van der Waals surface area contributed by atoms with Gasteiger partial charge < -0.3 is 15.0 Å². The van der Waals surface area contributed by atoms with Gasteiger partial charge in [-0.3, -0.25) is 0 Å². The van der Waals surface area contributed by atoms with E-state index in [-0.39, 0.29) is 12.1 Å². The summed E-state index contributed by atoms with van der Waals surface area (Å²) in [6.45, 7) is 3.72. The maximum Gasteiger partial charge on any atom is 0.322 e. The summed E-state index contributed by atoms with van der Waals surface area (Å²) in [6, 6.07) is 15.2. The van der Waals surface area contributed by atoms with Crippen LogP contribution in [-0.2, 0) is 4.74 Å². The summed E-state index contributed by atoms with van der Waals surface area (Å²) in [5, 5.41) is 3.54. The number of ether oxygens (including phenoxy) is 1. The van der Waals surface area contributed by atoms with Gasteiger partial charge >= 0.3 is 6.03 Å². The lowest BCUT2D eigenvalue weighted by Gasteiger charge is -2.33. The molecule has 1 unspecified atom stereocenters. The van der Waals surface area contributed by atoms with Crippen LogP contribution in [0.4, 0.5) is 10.5 Å². The van der Waals surface area contributed by atoms with Crippen molar-refractivity contribution in [2.24, 2.45) is 0 Å². The molecule has 1 fully saturated rings. The topological polar surface area (TPSA) is 41.6 Å². The molecule has 0 aliphatic carbocycles. The van der Waals surface area contributed by atoms with Crippen LogP contribution < -0.4 is 5.32 Å². The van der Waals surface area contributed by atoms with Crippen LogP contribution in [0.25, 0.3) is 0 Å². The molecule has 2 aromatic carbocycles. The van der Waals surface area contributed by atoms with Gasteiger partial charge in [0.25, 0.3) is 0 Å². The van der Waals surface area contributed by atoms with Gasteiger partial charge in [0.05, 0.1) is 13.2 Å². The van der Waals surface area contributed by atoms with Gasteiger partial charge in [-0.1, -0.05) is 41.4 Å². The van der Waals surface area contributed by atoms with Crippen molar-refractivity contribution in [3.63, 3.8) is 0 Å². The van der Waals surface area contributed by atoms with Gasteiger partial charge in [0.1, 0.15) is 6.10 Å². The normalized spacial score (nSPS) is 17.8. The summed E-state index contributed by atoms with van der Waals surface area (Å²) in [6.07, 6.45) is -0.0830. The molecule has 2 amide bonds. The first-order valence-electron chi connectivity index (χ1n) is 7.61. The van der Waals surface area contributed by atoms with Crippen LogP contribution in [0.1, 0.15) is 17.2 Å². The van der Waals surface area contributed by atoms with Gasteiger partial charge in [-0.25, -0.2) is 4.79 Å². The fourth-order valence-electron chi connectivity index (χ4n) is 2.55. The fraction of sp³-hybridized carbons (Fsp3) is 0.278. The smallest absolute Gasteiger partial charge is 0.322 e. The highest BCUT2D eigenvalue weighted by molar-refractivity contribution is 6.30. The second-order valence-corrected chi connectivity index (χ2v) is 6.09. The van der Waals surface area contributed by atoms with Crippen LogP contribution in [0.3, 0.4) is 0 Å². The Balaban J connectivity index is 1.64. The van der Waals surface area contributed by atoms with Crippen molar-refractivity contribution in [1.29, 1.82) is 0 Å². The number of carbonyl (C=O) groups excluding carboxylic acids is 1. The zero-order valence-corrected chi connectivity index (χ0v) is 13.7. The lowest BCUT2D eigenvalue weighted by atomic mass is 10.1. The number of benzene rings is 2. The molecule has 0 radical (unpaired) electrons. The molecule has 1 saturated heterocycles. The van der Waals surface area contributed by atoms with Gasteiger partial charge in [-0.15, -0.1) is 0 Å². The van der Waals surface area contributed by atoms with Gasteiger partial charge in [0, 0.05) is 17.3 Å². The Labute approximate surface area is 141 Å². The molecule has 1 atom stereocenters. The van der Waals surface area contributed by atoms with Crippen LogP contribution in [0.15, 0.2) is 48.5 Å². The summed E-state index contributed by atoms with van der Waals surface area (Å²) in [4.78, 5) is 14.2. The summed E-state index contributed by atoms with van der Waals surface area (Å²) < 4.78 is 5.81. The molecule has 1 N–H and O–H groups in total. The number of halogens is 1. The molecule has 4 nitrogen and oxygen atoms in total. The number of anilines is 1. The number of nitrogens with zero attached hydrogens (tertiary/aromatic N) is 1. The Morgan fingerprint density at radius 2 is 1.87 bits per heavy atom. The van der Waals surface area contributed by atoms with E-state index in [1.54, 1.807) is 29.2 Å². The fourth-order valence-corrected chi connectivity index (χ4v) is 2.68. The molecule has 0 aromatic heterocycles. The molecule has 5 heteroatoms. The van der Waals surface area contributed by atoms with Crippen LogP contribution in [0.2, 0.25) is 5.02 Å². The molecule has 0 saturated carbocycles. The van der Waals surface area contributed by atoms with Gasteiger partial charge in [0.15, 0.2) is 0 Å². The van der Waals surface area contributed by atoms with Crippen molar-refractivity contribution >= 4 is 23.3 Å². The minimum absolute atomic E-state index is 0.0830. The molecule has 3 rings (SSSR count). The van der Waals surface area contributed by atoms with E-state index in [1.165, 1.54) is 5.56 Å². The number of urea groups is 1. The Bertz CT molecular complexity index is 670. The highest BCUT2D eigenvalue weighted by atomic mass is 35.5. The van der Waals surface area contributed by atoms with Crippen molar-refractivity contribution < 1.29 is 9.53 Å². The summed E-state index contributed by atoms with van der Waals surface area (Å²) in [7, 11) is 0. The second-order valence-electron chi connectivity index (χ2n) is 5.65. The zero-order chi connectivity index (χ0) is 16.2. The van der Waals surface area contributed by atoms with E-state index >= 15 is 0 Å². The first-order valence-corrected chi connectivity index (χ1v) is 7.99. The lowest BCUT2D eigenvalue weighted by Crippen LogP contribution is -2.44. The zero-order valence-electron chi connectivity index (χ0n) is 13.0. The largest absolute Gasteiger partial charge is 0.370 e. The number of hydrogen-bond donors (Lipinski definition) is 1. The maximum atomic E-state index is 12.4. The third kappa shape index (κ3) is 4.03. The summed E-state index contributed by atoms with van der Waals surface area (Å²) in [5.74, 6) is 0. The van der Waals surface area contributed by atoms with Crippen molar-refractivity contribution in [3.8, 4) is 0 Å². The molecular formula is C18H19ClN2O2. The molecule has 0 bridgehead atoms. The summed E-state index contributed by atoms with van der Waals surface area (Å²) >= 11 is 5.86. The number of carbonyl (C=O) groups is 1. The van der Waals surface area contributed by atoms with Crippen LogP contribution in [0, 0.1) is 6.92 Å². The van der Waals surface area contributed by atoms with Crippen LogP contribution in [-0.4, -0.2) is 30.6 Å². The SMILES string of the molecule is Cc1ccc(C2CN(C(=O)Nc3ccc(Cl)cc3)CCO2)cc1. The molecule has 23 heavy (non-hydrogen) atoms. The van der Waals surface area contributed by atoms with Crippen molar-refractivity contribution in [3.05, 3.63) is 64.7 Å². The van der Waals surface area contributed by atoms with Crippen molar-refractivity contribution in [1.82, 2.24) is 4.90 Å². The molecule has 0 spiro atoms. The number of morpholine rings is 1. The van der Waals surface area contributed by atoms with Gasteiger partial charge in [-0.2, -0.15) is 0 Å².